The van der Waals surface area contributed by atoms with Gasteiger partial charge in [-0.2, -0.15) is 0 Å². The number of hydrogen-bond acceptors (Lipinski definition) is 0. The summed E-state index contributed by atoms with van der Waals surface area (Å²) in [6, 6.07) is 6.56. The molecule has 0 aliphatic heterocycles. The molecule has 0 unspecified atom stereocenters. The Morgan fingerprint density at radius 3 is 1.74 bits per heavy atom. The van der Waals surface area contributed by atoms with Gasteiger partial charge in [0.25, 0.3) is 0 Å². The minimum absolute atomic E-state index is 0.0311. The number of rotatable bonds is 3. The van der Waals surface area contributed by atoms with Crippen LogP contribution in [-0.4, -0.2) is 0 Å². The Morgan fingerprint density at radius 2 is 1.03 bits per heavy atom. The third-order valence-electron chi connectivity index (χ3n) is 7.14. The molecule has 0 atom stereocenters. The molecular formula is C39H26. The molecule has 0 heteroatoms. The van der Waals surface area contributed by atoms with Crippen molar-refractivity contribution < 1.29 is 21.9 Å². The summed E-state index contributed by atoms with van der Waals surface area (Å²) in [5, 5.41) is 1.21. The molecule has 7 aromatic rings. The van der Waals surface area contributed by atoms with Gasteiger partial charge in [0.2, 0.25) is 0 Å². The Morgan fingerprint density at radius 1 is 0.436 bits per heavy atom. The summed E-state index contributed by atoms with van der Waals surface area (Å²) in [6.07, 6.45) is -0.0311. The highest BCUT2D eigenvalue weighted by molar-refractivity contribution is 6.21. The van der Waals surface area contributed by atoms with Gasteiger partial charge >= 0.3 is 0 Å². The molecule has 0 amide bonds. The topological polar surface area (TPSA) is 0 Å². The summed E-state index contributed by atoms with van der Waals surface area (Å²) in [5.74, 6) is 0. The fourth-order valence-electron chi connectivity index (χ4n) is 5.47. The first-order valence-electron chi connectivity index (χ1n) is 20.3. The fourth-order valence-corrected chi connectivity index (χ4v) is 5.47. The van der Waals surface area contributed by atoms with Crippen LogP contribution in [0.4, 0.5) is 0 Å². The van der Waals surface area contributed by atoms with Crippen LogP contribution in [-0.2, 0) is 6.42 Å². The molecule has 0 fully saturated rings. The van der Waals surface area contributed by atoms with Crippen molar-refractivity contribution in [1.29, 1.82) is 0 Å². The first kappa shape index (κ1) is 11.4. The van der Waals surface area contributed by atoms with Crippen molar-refractivity contribution in [2.24, 2.45) is 0 Å². The van der Waals surface area contributed by atoms with Crippen LogP contribution < -0.4 is 0 Å². The lowest BCUT2D eigenvalue weighted by atomic mass is 9.85. The molecule has 39 heavy (non-hydrogen) atoms. The molecule has 1 aliphatic rings. The highest BCUT2D eigenvalue weighted by atomic mass is 14.2. The van der Waals surface area contributed by atoms with Crippen LogP contribution in [0, 0.1) is 0 Å². The number of fused-ring (bicyclic) bond motifs is 5. The predicted octanol–water partition coefficient (Wildman–Crippen LogP) is 10.6. The molecule has 0 aromatic heterocycles. The Hall–Kier alpha value is -4.94. The van der Waals surface area contributed by atoms with Gasteiger partial charge in [-0.05, 0) is 89.7 Å². The van der Waals surface area contributed by atoms with E-state index in [1.165, 1.54) is 24.3 Å². The van der Waals surface area contributed by atoms with Crippen molar-refractivity contribution in [2.45, 2.75) is 6.42 Å². The zero-order chi connectivity index (χ0) is 39.7. The lowest BCUT2D eigenvalue weighted by Crippen LogP contribution is -1.91. The van der Waals surface area contributed by atoms with E-state index in [1.54, 1.807) is 24.3 Å². The zero-order valence-electron chi connectivity index (χ0n) is 36.3. The van der Waals surface area contributed by atoms with Gasteiger partial charge in [0.1, 0.15) is 0 Å². The Bertz CT molecular complexity index is 2820. The molecule has 0 heterocycles. The summed E-state index contributed by atoms with van der Waals surface area (Å²) >= 11 is 0. The van der Waals surface area contributed by atoms with Crippen LogP contribution in [0.15, 0.2) is 145 Å². The second-order valence-electron chi connectivity index (χ2n) is 9.27. The van der Waals surface area contributed by atoms with Crippen LogP contribution in [0.5, 0.6) is 0 Å². The van der Waals surface area contributed by atoms with Crippen molar-refractivity contribution in [2.75, 3.05) is 0 Å². The Kier molecular flexibility index (Phi) is 2.59. The minimum Gasteiger partial charge on any atom is -0.0622 e. The van der Waals surface area contributed by atoms with Crippen LogP contribution in [0.3, 0.4) is 0 Å². The standard InChI is InChI=1S/C39H26/c1-2-11-26(12-3-1)38-34-17-6-8-19-36(34)39(37-20-9-7-18-35(37)38)30-15-10-14-27(23-30)28-21-22-33-31(24-28)25-29-13-4-5-16-32(29)33/h1-24H,25H2/i1D,2D,3D,4D,5D,6D,7D,8D,9D,11D,12D,13D,16D,21D,22D,24D. The number of benzene rings is 7. The second-order valence-corrected chi connectivity index (χ2v) is 9.27. The van der Waals surface area contributed by atoms with Gasteiger partial charge in [-0.25, -0.2) is 0 Å². The van der Waals surface area contributed by atoms with Crippen molar-refractivity contribution in [3.63, 3.8) is 0 Å². The van der Waals surface area contributed by atoms with E-state index in [0.29, 0.717) is 33.0 Å². The predicted molar refractivity (Wildman–Crippen MR) is 166 cm³/mol. The Balaban J connectivity index is 1.45. The minimum atomic E-state index is -0.596. The van der Waals surface area contributed by atoms with Crippen LogP contribution >= 0.6 is 0 Å². The summed E-state index contributed by atoms with van der Waals surface area (Å²) < 4.78 is 138. The average molecular weight is 511 g/mol. The second kappa shape index (κ2) is 8.82. The average Bonchev–Trinajstić information content (AvgIpc) is 3.57. The lowest BCUT2D eigenvalue weighted by molar-refractivity contribution is 1.26. The Labute approximate surface area is 251 Å². The summed E-state index contributed by atoms with van der Waals surface area (Å²) in [7, 11) is 0. The monoisotopic (exact) mass is 510 g/mol. The number of hydrogen-bond donors (Lipinski definition) is 0. The van der Waals surface area contributed by atoms with Crippen molar-refractivity contribution in [3.8, 4) is 44.5 Å². The molecule has 0 saturated carbocycles. The molecule has 0 nitrogen and oxygen atoms in total. The third-order valence-corrected chi connectivity index (χ3v) is 7.14. The van der Waals surface area contributed by atoms with Crippen molar-refractivity contribution in [3.05, 3.63) is 156 Å². The normalized spacial score (nSPS) is 17.7. The fraction of sp³-hybridized carbons (Fsp3) is 0.0256. The lowest BCUT2D eigenvalue weighted by Gasteiger charge is -2.18. The van der Waals surface area contributed by atoms with E-state index in [1.807, 2.05) is 0 Å². The van der Waals surface area contributed by atoms with E-state index >= 15 is 0 Å². The summed E-state index contributed by atoms with van der Waals surface area (Å²) in [5.41, 5.74) is 2.08. The highest BCUT2D eigenvalue weighted by Gasteiger charge is 2.19. The summed E-state index contributed by atoms with van der Waals surface area (Å²) in [4.78, 5) is 0. The van der Waals surface area contributed by atoms with Crippen LogP contribution in [0.1, 0.15) is 33.1 Å². The maximum Gasteiger partial charge on any atom is 0.0633 e. The summed E-state index contributed by atoms with van der Waals surface area (Å²) in [6.45, 7) is 0. The van der Waals surface area contributed by atoms with Crippen molar-refractivity contribution >= 4 is 21.5 Å². The highest BCUT2D eigenvalue weighted by Crippen LogP contribution is 2.44. The van der Waals surface area contributed by atoms with Gasteiger partial charge in [0.15, 0.2) is 0 Å². The van der Waals surface area contributed by atoms with E-state index < -0.39 is 42.3 Å². The first-order valence-corrected chi connectivity index (χ1v) is 12.3. The molecule has 7 aromatic carbocycles. The van der Waals surface area contributed by atoms with E-state index in [4.69, 9.17) is 20.6 Å². The quantitative estimate of drug-likeness (QED) is 0.207. The van der Waals surface area contributed by atoms with E-state index in [-0.39, 0.29) is 105 Å². The largest absolute Gasteiger partial charge is 0.0633 e. The van der Waals surface area contributed by atoms with Gasteiger partial charge in [0.05, 0.1) is 21.9 Å². The van der Waals surface area contributed by atoms with Crippen LogP contribution in [0.25, 0.3) is 66.1 Å². The molecule has 0 bridgehead atoms. The van der Waals surface area contributed by atoms with Gasteiger partial charge in [-0.3, -0.25) is 0 Å². The molecule has 0 spiro atoms. The van der Waals surface area contributed by atoms with Gasteiger partial charge < -0.3 is 0 Å². The van der Waals surface area contributed by atoms with E-state index in [2.05, 4.69) is 0 Å². The van der Waals surface area contributed by atoms with E-state index in [0.717, 1.165) is 0 Å². The maximum atomic E-state index is 9.29. The van der Waals surface area contributed by atoms with Crippen LogP contribution in [0.2, 0.25) is 0 Å². The van der Waals surface area contributed by atoms with Gasteiger partial charge in [0, 0.05) is 0 Å². The molecular weight excluding hydrogens is 468 g/mol. The SMILES string of the molecule is [2H]c1cc2c(-c3cccc(-c4c([2H])c([2H])c5c(c4[2H])Cc4c([2H])c([2H])c([2H])c([2H])c4-5)c3)c3cc([2H])c([2H])cc3c(-c3c([2H])c([2H])c([2H])c([2H])c3[2H])c2cc1[2H]. The van der Waals surface area contributed by atoms with Crippen molar-refractivity contribution in [1.82, 2.24) is 0 Å². The first-order chi connectivity index (χ1) is 26.0. The molecule has 1 aliphatic carbocycles. The van der Waals surface area contributed by atoms with Gasteiger partial charge in [-0.1, -0.05) is 139 Å². The maximum absolute atomic E-state index is 9.29. The van der Waals surface area contributed by atoms with E-state index in [9.17, 15) is 1.37 Å². The van der Waals surface area contributed by atoms with Gasteiger partial charge in [-0.15, -0.1) is 0 Å². The smallest absolute Gasteiger partial charge is 0.0622 e. The molecule has 0 N–H and O–H groups in total. The molecule has 0 radical (unpaired) electrons. The zero-order valence-corrected chi connectivity index (χ0v) is 20.3. The molecule has 0 saturated heterocycles. The third kappa shape index (κ3) is 3.53. The molecule has 8 rings (SSSR count). The molecule has 182 valence electrons.